The van der Waals surface area contributed by atoms with Crippen LogP contribution in [0.1, 0.15) is 0 Å². The van der Waals surface area contributed by atoms with Gasteiger partial charge in [-0.2, -0.15) is 0 Å². The van der Waals surface area contributed by atoms with E-state index in [0.717, 1.165) is 6.08 Å². The van der Waals surface area contributed by atoms with Crippen molar-refractivity contribution in [3.05, 3.63) is 12.2 Å². The number of allylic oxidation sites excluding steroid dienone is 1. The van der Waals surface area contributed by atoms with Gasteiger partial charge < -0.3 is 5.11 Å². The predicted octanol–water partition coefficient (Wildman–Crippen LogP) is -0.162. The van der Waals surface area contributed by atoms with E-state index < -0.39 is 5.97 Å². The molecule has 0 amide bonds. The summed E-state index contributed by atoms with van der Waals surface area (Å²) in [4.78, 5) is 9.65. The number of rotatable bonds is 2. The molecule has 0 atom stereocenters. The van der Waals surface area contributed by atoms with Crippen molar-refractivity contribution in [2.75, 3.05) is 5.33 Å². The first kappa shape index (κ1) is 11.4. The van der Waals surface area contributed by atoms with Gasteiger partial charge in [-0.1, -0.05) is 22.0 Å². The molecule has 0 aromatic carbocycles. The van der Waals surface area contributed by atoms with Crippen LogP contribution in [-0.2, 0) is 4.79 Å². The molecule has 0 saturated heterocycles. The molecule has 0 radical (unpaired) electrons. The van der Waals surface area contributed by atoms with Crippen LogP contribution in [0.25, 0.3) is 0 Å². The summed E-state index contributed by atoms with van der Waals surface area (Å²) in [5, 5.41) is 8.53. The molecule has 8 heavy (non-hydrogen) atoms. The molecular weight excluding hydrogens is 275 g/mol. The fraction of sp³-hybridized carbons (Fsp3) is 0.250. The molecule has 0 unspecified atom stereocenters. The summed E-state index contributed by atoms with van der Waals surface area (Å²) < 4.78 is 0. The van der Waals surface area contributed by atoms with Gasteiger partial charge in [-0.15, -0.1) is 0 Å². The molecular formula is C4H8BrInO2. The molecule has 2 nitrogen and oxygen atoms in total. The van der Waals surface area contributed by atoms with E-state index in [1.54, 1.807) is 0 Å². The number of hydrogen-bond donors (Lipinski definition) is 1. The average Bonchev–Trinajstić information content (AvgIpc) is 1.61. The minimum atomic E-state index is -0.903. The van der Waals surface area contributed by atoms with E-state index >= 15 is 0 Å². The van der Waals surface area contributed by atoms with Crippen LogP contribution in [0.4, 0.5) is 0 Å². The third-order valence-corrected chi connectivity index (χ3v) is 0.723. The molecule has 0 aliphatic carbocycles. The van der Waals surface area contributed by atoms with E-state index in [1.165, 1.54) is 6.08 Å². The number of aliphatic carboxylic acids is 1. The van der Waals surface area contributed by atoms with Gasteiger partial charge in [0.2, 0.25) is 0 Å². The van der Waals surface area contributed by atoms with Crippen molar-refractivity contribution in [2.24, 2.45) is 0 Å². The maximum atomic E-state index is 9.65. The Labute approximate surface area is 74.9 Å². The Hall–Kier alpha value is 0.560. The SMILES string of the molecule is O=C(O)C=CCBr.[InH3]. The summed E-state index contributed by atoms with van der Waals surface area (Å²) in [6.07, 6.45) is 2.61. The van der Waals surface area contributed by atoms with Crippen LogP contribution >= 0.6 is 15.9 Å². The summed E-state index contributed by atoms with van der Waals surface area (Å²) in [7, 11) is 0. The Morgan fingerprint density at radius 1 is 1.75 bits per heavy atom. The summed E-state index contributed by atoms with van der Waals surface area (Å²) in [5.74, 6) is -0.903. The van der Waals surface area contributed by atoms with Crippen LogP contribution < -0.4 is 0 Å². The normalized spacial score (nSPS) is 8.62. The van der Waals surface area contributed by atoms with Crippen LogP contribution in [0, 0.1) is 0 Å². The zero-order valence-corrected chi connectivity index (χ0v) is 5.18. The van der Waals surface area contributed by atoms with Gasteiger partial charge in [0, 0.05) is 11.4 Å². The van der Waals surface area contributed by atoms with Gasteiger partial charge in [0.25, 0.3) is 0 Å². The second-order valence-electron chi connectivity index (χ2n) is 0.895. The Kier molecular flexibility index (Phi) is 10.7. The monoisotopic (exact) mass is 282 g/mol. The van der Waals surface area contributed by atoms with Gasteiger partial charge >= 0.3 is 31.8 Å². The summed E-state index contributed by atoms with van der Waals surface area (Å²) >= 11 is 3.03. The number of carboxylic acids is 1. The summed E-state index contributed by atoms with van der Waals surface area (Å²) in [5.41, 5.74) is 0. The van der Waals surface area contributed by atoms with Crippen molar-refractivity contribution in [1.29, 1.82) is 0 Å². The van der Waals surface area contributed by atoms with E-state index in [1.807, 2.05) is 0 Å². The first-order valence-electron chi connectivity index (χ1n) is 1.73. The molecule has 0 spiro atoms. The van der Waals surface area contributed by atoms with Crippen LogP contribution in [0.3, 0.4) is 0 Å². The predicted molar refractivity (Wildman–Crippen MR) is 40.5 cm³/mol. The minimum absolute atomic E-state index is 0. The standard InChI is InChI=1S/C4H5BrO2.In.3H/c5-3-1-2-4(6)7;;;;/h1-2H,3H2,(H,6,7);;;;. The van der Waals surface area contributed by atoms with Crippen molar-refractivity contribution in [3.8, 4) is 0 Å². The van der Waals surface area contributed by atoms with Crippen molar-refractivity contribution in [2.45, 2.75) is 0 Å². The fourth-order valence-electron chi connectivity index (χ4n) is 0.145. The Bertz CT molecular complexity index is 92.0. The third kappa shape index (κ3) is 9.75. The van der Waals surface area contributed by atoms with E-state index in [9.17, 15) is 4.79 Å². The quantitative estimate of drug-likeness (QED) is 0.564. The van der Waals surface area contributed by atoms with Crippen LogP contribution in [0.15, 0.2) is 12.2 Å². The fourth-order valence-corrected chi connectivity index (χ4v) is 0.332. The third-order valence-electron chi connectivity index (χ3n) is 0.350. The van der Waals surface area contributed by atoms with E-state index in [2.05, 4.69) is 15.9 Å². The number of halogens is 1. The van der Waals surface area contributed by atoms with Crippen LogP contribution in [0.5, 0.6) is 0 Å². The van der Waals surface area contributed by atoms with Gasteiger partial charge in [0.15, 0.2) is 0 Å². The molecule has 0 aromatic heterocycles. The van der Waals surface area contributed by atoms with Gasteiger partial charge in [0.1, 0.15) is 0 Å². The van der Waals surface area contributed by atoms with E-state index in [-0.39, 0.29) is 25.8 Å². The van der Waals surface area contributed by atoms with E-state index in [4.69, 9.17) is 5.11 Å². The Morgan fingerprint density at radius 3 is 2.38 bits per heavy atom. The number of carbonyl (C=O) groups is 1. The van der Waals surface area contributed by atoms with Crippen molar-refractivity contribution in [3.63, 3.8) is 0 Å². The topological polar surface area (TPSA) is 37.3 Å². The van der Waals surface area contributed by atoms with Gasteiger partial charge in [0.05, 0.1) is 0 Å². The molecule has 0 heterocycles. The maximum absolute atomic E-state index is 9.65. The van der Waals surface area contributed by atoms with Gasteiger partial charge in [-0.3, -0.25) is 0 Å². The summed E-state index contributed by atoms with van der Waals surface area (Å²) in [6, 6.07) is 0. The van der Waals surface area contributed by atoms with Crippen molar-refractivity contribution < 1.29 is 9.90 Å². The molecule has 0 rings (SSSR count). The molecule has 0 bridgehead atoms. The second kappa shape index (κ2) is 7.56. The molecule has 46 valence electrons. The second-order valence-corrected chi connectivity index (χ2v) is 1.54. The molecule has 0 fully saturated rings. The molecule has 1 N–H and O–H groups in total. The molecule has 4 heteroatoms. The van der Waals surface area contributed by atoms with Gasteiger partial charge in [-0.25, -0.2) is 4.79 Å². The Morgan fingerprint density at radius 2 is 2.25 bits per heavy atom. The molecule has 0 aliphatic heterocycles. The zero-order chi connectivity index (χ0) is 5.70. The van der Waals surface area contributed by atoms with Crippen molar-refractivity contribution in [1.82, 2.24) is 0 Å². The molecule has 0 aliphatic rings. The Balaban J connectivity index is 0. The van der Waals surface area contributed by atoms with Crippen LogP contribution in [0.2, 0.25) is 0 Å². The number of carboxylic acid groups (broad SMARTS) is 1. The molecule has 0 saturated carbocycles. The van der Waals surface area contributed by atoms with E-state index in [0.29, 0.717) is 5.33 Å². The number of alkyl halides is 1. The number of hydrogen-bond acceptors (Lipinski definition) is 1. The zero-order valence-electron chi connectivity index (χ0n) is 3.60. The first-order chi connectivity index (χ1) is 3.27. The first-order valence-corrected chi connectivity index (χ1v) is 2.85. The van der Waals surface area contributed by atoms with Crippen molar-refractivity contribution >= 4 is 47.7 Å². The van der Waals surface area contributed by atoms with Gasteiger partial charge in [-0.05, 0) is 0 Å². The van der Waals surface area contributed by atoms with Crippen LogP contribution in [-0.4, -0.2) is 42.2 Å². The average molecular weight is 283 g/mol. The molecule has 0 aromatic rings. The summed E-state index contributed by atoms with van der Waals surface area (Å²) in [6.45, 7) is 0.